The maximum Gasteiger partial charge on any atom is 0.231 e. The molecule has 28 heavy (non-hydrogen) atoms. The summed E-state index contributed by atoms with van der Waals surface area (Å²) in [6.07, 6.45) is 5.47. The Morgan fingerprint density at radius 3 is 2.79 bits per heavy atom. The van der Waals surface area contributed by atoms with Crippen molar-refractivity contribution in [3.05, 3.63) is 30.1 Å². The highest BCUT2D eigenvalue weighted by molar-refractivity contribution is 5.46. The summed E-state index contributed by atoms with van der Waals surface area (Å²) in [5.74, 6) is 3.15. The van der Waals surface area contributed by atoms with Gasteiger partial charge in [-0.05, 0) is 66.4 Å². The van der Waals surface area contributed by atoms with Gasteiger partial charge < -0.3 is 9.47 Å². The molecule has 0 unspecified atom stereocenters. The topological polar surface area (TPSA) is 68.5 Å². The molecule has 5 aliphatic heterocycles. The van der Waals surface area contributed by atoms with Crippen molar-refractivity contribution in [2.45, 2.75) is 43.8 Å². The minimum Gasteiger partial charge on any atom is -0.454 e. The molecule has 1 aromatic carbocycles. The van der Waals surface area contributed by atoms with E-state index in [0.29, 0.717) is 24.8 Å². The molecule has 0 saturated carbocycles. The second-order valence-corrected chi connectivity index (χ2v) is 8.50. The fourth-order valence-electron chi connectivity index (χ4n) is 5.95. The van der Waals surface area contributed by atoms with E-state index in [1.165, 1.54) is 31.5 Å². The van der Waals surface area contributed by atoms with E-state index >= 15 is 0 Å². The van der Waals surface area contributed by atoms with Crippen molar-refractivity contribution in [3.63, 3.8) is 0 Å². The molecule has 8 nitrogen and oxygen atoms in total. The van der Waals surface area contributed by atoms with Gasteiger partial charge in [0.25, 0.3) is 0 Å². The molecule has 5 aliphatic rings. The number of rotatable bonds is 5. The number of fused-ring (bicyclic) bond motifs is 3. The van der Waals surface area contributed by atoms with Gasteiger partial charge in [-0.1, -0.05) is 6.07 Å². The third-order valence-electron chi connectivity index (χ3n) is 7.14. The number of aromatic nitrogens is 4. The summed E-state index contributed by atoms with van der Waals surface area (Å²) in [4.78, 5) is 5.50. The Hall–Kier alpha value is -2.19. The molecule has 2 bridgehead atoms. The van der Waals surface area contributed by atoms with Gasteiger partial charge in [0.2, 0.25) is 6.79 Å². The maximum absolute atomic E-state index is 5.66. The number of benzene rings is 1. The first kappa shape index (κ1) is 16.7. The van der Waals surface area contributed by atoms with Crippen LogP contribution in [0.15, 0.2) is 24.5 Å². The van der Waals surface area contributed by atoms with Crippen LogP contribution in [0.3, 0.4) is 0 Å². The zero-order valence-corrected chi connectivity index (χ0v) is 16.0. The summed E-state index contributed by atoms with van der Waals surface area (Å²) in [6, 6.07) is 7.86. The SMILES string of the molecule is c1cc2c(cc1[C@H]1CN(CCCn3cnnn3)[C@H]3C4CCN(CC4)[C@@H]13)OCO2. The number of likely N-dealkylation sites (tertiary alicyclic amines) is 1. The summed E-state index contributed by atoms with van der Waals surface area (Å²) in [5, 5.41) is 11.5. The van der Waals surface area contributed by atoms with E-state index in [9.17, 15) is 0 Å². The molecule has 1 aromatic heterocycles. The molecule has 7 rings (SSSR count). The summed E-state index contributed by atoms with van der Waals surface area (Å²) < 4.78 is 13.0. The van der Waals surface area contributed by atoms with Crippen LogP contribution in [0.25, 0.3) is 0 Å². The van der Waals surface area contributed by atoms with Gasteiger partial charge in [-0.15, -0.1) is 5.10 Å². The Morgan fingerprint density at radius 1 is 1.04 bits per heavy atom. The first-order valence-corrected chi connectivity index (χ1v) is 10.5. The standard InChI is InChI=1S/C20H26N6O2/c1(7-26-12-21-22-23-26)6-25-11-16(15-2-3-17-18(10-15)28-13-27-17)20-19(25)14-4-8-24(20)9-5-14/h2-3,10,12,14,16,19-20H,1,4-9,11,13H2/t16-,19+,20+/m1/s1. The predicted octanol–water partition coefficient (Wildman–Crippen LogP) is 1.35. The highest BCUT2D eigenvalue weighted by Gasteiger charge is 2.53. The van der Waals surface area contributed by atoms with E-state index in [-0.39, 0.29) is 0 Å². The maximum atomic E-state index is 5.66. The second-order valence-electron chi connectivity index (χ2n) is 8.50. The second kappa shape index (κ2) is 6.70. The zero-order chi connectivity index (χ0) is 18.5. The quantitative estimate of drug-likeness (QED) is 0.773. The van der Waals surface area contributed by atoms with Crippen LogP contribution in [-0.4, -0.2) is 75.1 Å². The molecule has 4 saturated heterocycles. The van der Waals surface area contributed by atoms with E-state index < -0.39 is 0 Å². The van der Waals surface area contributed by atoms with Crippen molar-refractivity contribution in [2.24, 2.45) is 5.92 Å². The third-order valence-corrected chi connectivity index (χ3v) is 7.14. The summed E-state index contributed by atoms with van der Waals surface area (Å²) in [5.41, 5.74) is 1.40. The monoisotopic (exact) mass is 382 g/mol. The molecule has 148 valence electrons. The molecule has 0 spiro atoms. The average molecular weight is 382 g/mol. The largest absolute Gasteiger partial charge is 0.454 e. The Morgan fingerprint density at radius 2 is 1.93 bits per heavy atom. The van der Waals surface area contributed by atoms with Crippen LogP contribution in [0.5, 0.6) is 11.5 Å². The van der Waals surface area contributed by atoms with E-state index in [4.69, 9.17) is 9.47 Å². The zero-order valence-electron chi connectivity index (χ0n) is 16.0. The normalized spacial score (nSPS) is 33.4. The minimum absolute atomic E-state index is 0.340. The van der Waals surface area contributed by atoms with Crippen LogP contribution in [-0.2, 0) is 6.54 Å². The molecule has 0 amide bonds. The highest BCUT2D eigenvalue weighted by Crippen LogP contribution is 2.47. The van der Waals surface area contributed by atoms with Crippen molar-refractivity contribution in [3.8, 4) is 11.5 Å². The van der Waals surface area contributed by atoms with Crippen LogP contribution in [0, 0.1) is 5.92 Å². The highest BCUT2D eigenvalue weighted by atomic mass is 16.7. The van der Waals surface area contributed by atoms with Gasteiger partial charge in [-0.3, -0.25) is 9.80 Å². The molecular formula is C20H26N6O2. The van der Waals surface area contributed by atoms with Gasteiger partial charge in [-0.2, -0.15) is 0 Å². The number of nitrogens with zero attached hydrogens (tertiary/aromatic N) is 6. The van der Waals surface area contributed by atoms with Gasteiger partial charge >= 0.3 is 0 Å². The number of hydrogen-bond acceptors (Lipinski definition) is 7. The first-order chi connectivity index (χ1) is 13.9. The predicted molar refractivity (Wildman–Crippen MR) is 101 cm³/mol. The van der Waals surface area contributed by atoms with Crippen molar-refractivity contribution in [1.82, 2.24) is 30.0 Å². The fourth-order valence-corrected chi connectivity index (χ4v) is 5.95. The van der Waals surface area contributed by atoms with Crippen molar-refractivity contribution < 1.29 is 9.47 Å². The van der Waals surface area contributed by atoms with Crippen LogP contribution in [0.2, 0.25) is 0 Å². The van der Waals surface area contributed by atoms with Crippen LogP contribution < -0.4 is 9.47 Å². The Balaban J connectivity index is 1.24. The van der Waals surface area contributed by atoms with Gasteiger partial charge in [0.15, 0.2) is 11.5 Å². The average Bonchev–Trinajstić information content (AvgIpc) is 3.49. The molecule has 8 heteroatoms. The fraction of sp³-hybridized carbons (Fsp3) is 0.650. The summed E-state index contributed by atoms with van der Waals surface area (Å²) in [6.45, 7) is 5.96. The van der Waals surface area contributed by atoms with Crippen LogP contribution in [0.4, 0.5) is 0 Å². The van der Waals surface area contributed by atoms with Gasteiger partial charge in [0.05, 0.1) is 0 Å². The lowest BCUT2D eigenvalue weighted by molar-refractivity contribution is -0.00699. The van der Waals surface area contributed by atoms with E-state index in [0.717, 1.165) is 43.5 Å². The smallest absolute Gasteiger partial charge is 0.231 e. The number of hydrogen-bond donors (Lipinski definition) is 0. The molecule has 2 aromatic rings. The first-order valence-electron chi connectivity index (χ1n) is 10.5. The lowest BCUT2D eigenvalue weighted by Crippen LogP contribution is -2.60. The molecule has 4 fully saturated rings. The number of piperidine rings is 3. The van der Waals surface area contributed by atoms with Gasteiger partial charge in [0.1, 0.15) is 6.33 Å². The van der Waals surface area contributed by atoms with Crippen LogP contribution in [0.1, 0.15) is 30.7 Å². The molecule has 3 atom stereocenters. The molecular weight excluding hydrogens is 356 g/mol. The van der Waals surface area contributed by atoms with E-state index in [1.807, 2.05) is 4.68 Å². The molecule has 0 radical (unpaired) electrons. The van der Waals surface area contributed by atoms with Gasteiger partial charge in [0, 0.05) is 37.6 Å². The number of tetrazole rings is 1. The summed E-state index contributed by atoms with van der Waals surface area (Å²) >= 11 is 0. The minimum atomic E-state index is 0.340. The third kappa shape index (κ3) is 2.69. The molecule has 6 heterocycles. The Bertz CT molecular complexity index is 835. The van der Waals surface area contributed by atoms with Crippen molar-refractivity contribution in [2.75, 3.05) is 33.0 Å². The van der Waals surface area contributed by atoms with Crippen molar-refractivity contribution >= 4 is 0 Å². The lowest BCUT2D eigenvalue weighted by Gasteiger charge is -2.51. The Kier molecular flexibility index (Phi) is 4.01. The lowest BCUT2D eigenvalue weighted by atomic mass is 9.75. The number of ether oxygens (including phenoxy) is 2. The van der Waals surface area contributed by atoms with Crippen LogP contribution >= 0.6 is 0 Å². The molecule has 0 N–H and O–H groups in total. The van der Waals surface area contributed by atoms with E-state index in [1.54, 1.807) is 6.33 Å². The Labute approximate surface area is 164 Å². The van der Waals surface area contributed by atoms with E-state index in [2.05, 4.69) is 43.5 Å². The number of aryl methyl sites for hydroxylation is 1. The summed E-state index contributed by atoms with van der Waals surface area (Å²) in [7, 11) is 0. The van der Waals surface area contributed by atoms with Crippen molar-refractivity contribution in [1.29, 1.82) is 0 Å². The molecule has 0 aliphatic carbocycles. The van der Waals surface area contributed by atoms with Gasteiger partial charge in [-0.25, -0.2) is 4.68 Å².